The normalized spacial score (nSPS) is 16.0. The number of nitrogens with zero attached hydrogens (tertiary/aromatic N) is 1. The van der Waals surface area contributed by atoms with Gasteiger partial charge in [-0.25, -0.2) is 4.99 Å². The summed E-state index contributed by atoms with van der Waals surface area (Å²) in [6.45, 7) is 1.19. The first-order valence-corrected chi connectivity index (χ1v) is 10.6. The van der Waals surface area contributed by atoms with E-state index in [0.717, 1.165) is 29.6 Å². The van der Waals surface area contributed by atoms with Crippen LogP contribution in [-0.2, 0) is 4.74 Å². The van der Waals surface area contributed by atoms with Crippen LogP contribution in [-0.4, -0.2) is 52.5 Å². The Balaban J connectivity index is 1.83. The predicted octanol–water partition coefficient (Wildman–Crippen LogP) is 3.85. The van der Waals surface area contributed by atoms with Crippen LogP contribution < -0.4 is 24.8 Å². The van der Waals surface area contributed by atoms with E-state index in [1.807, 2.05) is 24.3 Å². The van der Waals surface area contributed by atoms with E-state index in [2.05, 4.69) is 31.6 Å². The Bertz CT molecular complexity index is 919. The van der Waals surface area contributed by atoms with E-state index in [9.17, 15) is 4.79 Å². The minimum Gasteiger partial charge on any atom is -0.493 e. The van der Waals surface area contributed by atoms with E-state index in [0.29, 0.717) is 35.3 Å². The number of ether oxygens (including phenoxy) is 4. The van der Waals surface area contributed by atoms with Gasteiger partial charge in [0, 0.05) is 22.3 Å². The van der Waals surface area contributed by atoms with Gasteiger partial charge >= 0.3 is 0 Å². The van der Waals surface area contributed by atoms with E-state index in [1.54, 1.807) is 12.1 Å². The maximum Gasteiger partial charge on any atom is 0.258 e. The van der Waals surface area contributed by atoms with Crippen LogP contribution in [0.15, 0.2) is 45.9 Å². The zero-order valence-corrected chi connectivity index (χ0v) is 19.3. The number of anilines is 1. The van der Waals surface area contributed by atoms with Crippen LogP contribution in [0.3, 0.4) is 0 Å². The number of hydrogen-bond donors (Lipinski definition) is 2. The van der Waals surface area contributed by atoms with Crippen molar-refractivity contribution in [2.45, 2.75) is 18.9 Å². The number of aliphatic imine (C=N–C) groups is 1. The highest BCUT2D eigenvalue weighted by molar-refractivity contribution is 9.10. The SMILES string of the molecule is COc1cc(C(=O)NC(=NC[C@H]2CCCO2)Nc2cccc(Br)c2)cc(OC)c1OC. The fourth-order valence-corrected chi connectivity index (χ4v) is 3.59. The Morgan fingerprint density at radius 2 is 1.90 bits per heavy atom. The fourth-order valence-electron chi connectivity index (χ4n) is 3.19. The molecule has 1 amide bonds. The molecule has 2 aromatic rings. The second-order valence-corrected chi connectivity index (χ2v) is 7.74. The second kappa shape index (κ2) is 11.0. The molecular formula is C22H26BrN3O5. The molecule has 2 N–H and O–H groups in total. The Kier molecular flexibility index (Phi) is 8.13. The quantitative estimate of drug-likeness (QED) is 0.451. The van der Waals surface area contributed by atoms with Crippen LogP contribution in [0, 0.1) is 0 Å². The summed E-state index contributed by atoms with van der Waals surface area (Å²) in [5.41, 5.74) is 1.13. The molecule has 0 spiro atoms. The minimum absolute atomic E-state index is 0.0531. The average Bonchev–Trinajstić information content (AvgIpc) is 3.30. The molecule has 1 saturated heterocycles. The van der Waals surface area contributed by atoms with Gasteiger partial charge < -0.3 is 24.3 Å². The molecule has 0 unspecified atom stereocenters. The monoisotopic (exact) mass is 491 g/mol. The highest BCUT2D eigenvalue weighted by Gasteiger charge is 2.19. The molecule has 8 nitrogen and oxygen atoms in total. The second-order valence-electron chi connectivity index (χ2n) is 6.83. The Morgan fingerprint density at radius 1 is 1.16 bits per heavy atom. The zero-order valence-electron chi connectivity index (χ0n) is 17.7. The van der Waals surface area contributed by atoms with Crippen LogP contribution in [0.2, 0.25) is 0 Å². The lowest BCUT2D eigenvalue weighted by Crippen LogP contribution is -2.36. The number of rotatable bonds is 7. The van der Waals surface area contributed by atoms with Crippen LogP contribution in [0.4, 0.5) is 5.69 Å². The van der Waals surface area contributed by atoms with Crippen LogP contribution in [0.25, 0.3) is 0 Å². The molecule has 3 rings (SSSR count). The van der Waals surface area contributed by atoms with E-state index in [-0.39, 0.29) is 12.0 Å². The maximum atomic E-state index is 13.0. The molecule has 1 heterocycles. The Hall–Kier alpha value is -2.78. The molecule has 1 aliphatic heterocycles. The molecule has 0 radical (unpaired) electrons. The predicted molar refractivity (Wildman–Crippen MR) is 123 cm³/mol. The highest BCUT2D eigenvalue weighted by Crippen LogP contribution is 2.38. The number of nitrogens with one attached hydrogen (secondary N) is 2. The lowest BCUT2D eigenvalue weighted by molar-refractivity contribution is 0.0974. The van der Waals surface area contributed by atoms with Crippen molar-refractivity contribution in [1.29, 1.82) is 0 Å². The van der Waals surface area contributed by atoms with Gasteiger partial charge in [0.25, 0.3) is 5.91 Å². The van der Waals surface area contributed by atoms with Gasteiger partial charge in [-0.3, -0.25) is 10.1 Å². The average molecular weight is 492 g/mol. The standard InChI is InChI=1S/C22H26BrN3O5/c1-28-18-10-14(11-19(29-2)20(18)30-3)21(27)26-22(24-13-17-8-5-9-31-17)25-16-7-4-6-15(23)12-16/h4,6-7,10-12,17H,5,8-9,13H2,1-3H3,(H2,24,25,26,27)/t17-/m1/s1. The molecule has 0 aromatic heterocycles. The van der Waals surface area contributed by atoms with Crippen LogP contribution in [0.5, 0.6) is 17.2 Å². The summed E-state index contributed by atoms with van der Waals surface area (Å²) in [4.78, 5) is 17.6. The van der Waals surface area contributed by atoms with E-state index in [4.69, 9.17) is 18.9 Å². The first-order valence-electron chi connectivity index (χ1n) is 9.84. The topological polar surface area (TPSA) is 90.4 Å². The molecule has 166 valence electrons. The van der Waals surface area contributed by atoms with Crippen molar-refractivity contribution in [2.75, 3.05) is 39.8 Å². The molecule has 9 heteroatoms. The summed E-state index contributed by atoms with van der Waals surface area (Å²) in [6.07, 6.45) is 2.03. The highest BCUT2D eigenvalue weighted by atomic mass is 79.9. The number of halogens is 1. The largest absolute Gasteiger partial charge is 0.493 e. The number of carbonyl (C=O) groups excluding carboxylic acids is 1. The van der Waals surface area contributed by atoms with Gasteiger partial charge in [-0.2, -0.15) is 0 Å². The Labute approximate surface area is 190 Å². The van der Waals surface area contributed by atoms with Gasteiger partial charge in [0.1, 0.15) is 0 Å². The molecule has 2 aromatic carbocycles. The van der Waals surface area contributed by atoms with Crippen molar-refractivity contribution in [3.63, 3.8) is 0 Å². The summed E-state index contributed by atoms with van der Waals surface area (Å²) in [6, 6.07) is 10.8. The molecule has 1 aliphatic rings. The molecule has 1 fully saturated rings. The van der Waals surface area contributed by atoms with E-state index in [1.165, 1.54) is 21.3 Å². The van der Waals surface area contributed by atoms with Crippen molar-refractivity contribution >= 4 is 33.5 Å². The number of carbonyl (C=O) groups is 1. The number of amides is 1. The third kappa shape index (κ3) is 6.11. The van der Waals surface area contributed by atoms with E-state index < -0.39 is 0 Å². The van der Waals surface area contributed by atoms with E-state index >= 15 is 0 Å². The van der Waals surface area contributed by atoms with Gasteiger partial charge in [0.2, 0.25) is 11.7 Å². The fraction of sp³-hybridized carbons (Fsp3) is 0.364. The van der Waals surface area contributed by atoms with Crippen molar-refractivity contribution in [2.24, 2.45) is 4.99 Å². The number of methoxy groups -OCH3 is 3. The summed E-state index contributed by atoms with van der Waals surface area (Å²) >= 11 is 3.45. The smallest absolute Gasteiger partial charge is 0.258 e. The van der Waals surface area contributed by atoms with Gasteiger partial charge in [-0.15, -0.1) is 0 Å². The summed E-state index contributed by atoms with van der Waals surface area (Å²) in [7, 11) is 4.52. The van der Waals surface area contributed by atoms with Crippen molar-refractivity contribution in [3.05, 3.63) is 46.4 Å². The number of guanidine groups is 1. The first-order chi connectivity index (χ1) is 15.0. The first kappa shape index (κ1) is 22.9. The molecule has 1 atom stereocenters. The molecule has 0 aliphatic carbocycles. The summed E-state index contributed by atoms with van der Waals surface area (Å²) < 4.78 is 22.6. The Morgan fingerprint density at radius 3 is 2.48 bits per heavy atom. The van der Waals surface area contributed by atoms with Crippen LogP contribution >= 0.6 is 15.9 Å². The zero-order chi connectivity index (χ0) is 22.2. The lowest BCUT2D eigenvalue weighted by atomic mass is 10.1. The number of hydrogen-bond acceptors (Lipinski definition) is 6. The molecular weight excluding hydrogens is 466 g/mol. The van der Waals surface area contributed by atoms with Gasteiger partial charge in [0.15, 0.2) is 11.5 Å². The number of benzene rings is 2. The lowest BCUT2D eigenvalue weighted by Gasteiger charge is -2.16. The summed E-state index contributed by atoms with van der Waals surface area (Å²) in [5.74, 6) is 1.16. The van der Waals surface area contributed by atoms with Gasteiger partial charge in [-0.1, -0.05) is 22.0 Å². The van der Waals surface area contributed by atoms with Gasteiger partial charge in [0.05, 0.1) is 34.0 Å². The van der Waals surface area contributed by atoms with Gasteiger partial charge in [-0.05, 0) is 43.2 Å². The third-order valence-electron chi connectivity index (χ3n) is 4.72. The van der Waals surface area contributed by atoms with Crippen molar-refractivity contribution in [1.82, 2.24) is 5.32 Å². The molecule has 0 saturated carbocycles. The summed E-state index contributed by atoms with van der Waals surface area (Å²) in [5, 5.41) is 6.01. The van der Waals surface area contributed by atoms with Crippen LogP contribution in [0.1, 0.15) is 23.2 Å². The van der Waals surface area contributed by atoms with Crippen molar-refractivity contribution in [3.8, 4) is 17.2 Å². The van der Waals surface area contributed by atoms with Crippen molar-refractivity contribution < 1.29 is 23.7 Å². The minimum atomic E-state index is -0.368. The third-order valence-corrected chi connectivity index (χ3v) is 5.22. The maximum absolute atomic E-state index is 13.0. The molecule has 0 bridgehead atoms. The molecule has 31 heavy (non-hydrogen) atoms.